The van der Waals surface area contributed by atoms with Crippen molar-refractivity contribution in [3.05, 3.63) is 55.0 Å². The van der Waals surface area contributed by atoms with Crippen LogP contribution < -0.4 is 24.6 Å². The lowest BCUT2D eigenvalue weighted by Gasteiger charge is -2.32. The number of aliphatic hydroxyl groups is 1. The minimum atomic E-state index is -3.63. The molecule has 42 heavy (non-hydrogen) atoms. The van der Waals surface area contributed by atoms with Crippen molar-refractivity contribution in [1.29, 1.82) is 0 Å². The molecule has 3 aromatic heterocycles. The van der Waals surface area contributed by atoms with Crippen LogP contribution in [0.15, 0.2) is 55.0 Å². The number of aromatic nitrogens is 5. The molecule has 14 heteroatoms. The average molecular weight is 590 g/mol. The van der Waals surface area contributed by atoms with Crippen LogP contribution in [-0.4, -0.2) is 78.1 Å². The van der Waals surface area contributed by atoms with Crippen LogP contribution in [0.3, 0.4) is 0 Å². The van der Waals surface area contributed by atoms with E-state index in [-0.39, 0.29) is 6.10 Å². The highest BCUT2D eigenvalue weighted by atomic mass is 32.2. The Morgan fingerprint density at radius 1 is 1.02 bits per heavy atom. The number of hydrogen-bond acceptors (Lipinski definition) is 11. The van der Waals surface area contributed by atoms with Gasteiger partial charge in [0.2, 0.25) is 16.0 Å². The molecule has 4 heterocycles. The van der Waals surface area contributed by atoms with Crippen LogP contribution in [0.25, 0.3) is 22.1 Å². The number of aromatic amines is 1. The predicted octanol–water partition coefficient (Wildman–Crippen LogP) is 3.75. The lowest BCUT2D eigenvalue weighted by atomic mass is 10.1. The average Bonchev–Trinajstić information content (AvgIpc) is 3.46. The zero-order valence-corrected chi connectivity index (χ0v) is 24.2. The molecule has 1 fully saturated rings. The number of ether oxygens (including phenoxy) is 1. The number of sulfonamides is 1. The summed E-state index contributed by atoms with van der Waals surface area (Å²) in [6, 6.07) is 11.2. The monoisotopic (exact) mass is 589 g/mol. The third-order valence-electron chi connectivity index (χ3n) is 7.34. The van der Waals surface area contributed by atoms with Crippen LogP contribution in [0.5, 0.6) is 5.75 Å². The molecule has 1 saturated heterocycles. The molecule has 1 aliphatic heterocycles. The highest BCUT2D eigenvalue weighted by Crippen LogP contribution is 2.37. The molecule has 13 nitrogen and oxygen atoms in total. The van der Waals surface area contributed by atoms with Crippen molar-refractivity contribution in [1.82, 2.24) is 24.9 Å². The Morgan fingerprint density at radius 2 is 1.81 bits per heavy atom. The fourth-order valence-electron chi connectivity index (χ4n) is 5.06. The number of nitrogens with zero attached hydrogens (tertiary/aromatic N) is 6. The van der Waals surface area contributed by atoms with Gasteiger partial charge < -0.3 is 30.4 Å². The maximum absolute atomic E-state index is 12.6. The van der Waals surface area contributed by atoms with Gasteiger partial charge in [-0.05, 0) is 49.2 Å². The van der Waals surface area contributed by atoms with Gasteiger partial charge >= 0.3 is 0 Å². The highest BCUT2D eigenvalue weighted by molar-refractivity contribution is 7.92. The number of benzene rings is 2. The van der Waals surface area contributed by atoms with E-state index >= 15 is 0 Å². The van der Waals surface area contributed by atoms with E-state index in [1.807, 2.05) is 24.3 Å². The van der Waals surface area contributed by atoms with Gasteiger partial charge in [0.15, 0.2) is 5.82 Å². The van der Waals surface area contributed by atoms with E-state index in [0.717, 1.165) is 25.0 Å². The van der Waals surface area contributed by atoms with Crippen molar-refractivity contribution in [2.24, 2.45) is 0 Å². The van der Waals surface area contributed by atoms with Gasteiger partial charge in [0.05, 0.1) is 41.9 Å². The molecule has 5 aromatic rings. The Hall–Kier alpha value is -4.69. The Bertz CT molecular complexity index is 1870. The first-order valence-corrected chi connectivity index (χ1v) is 15.2. The molecule has 0 atom stereocenters. The molecule has 0 radical (unpaired) electrons. The number of rotatable bonds is 8. The topological polar surface area (TPSA) is 161 Å². The van der Waals surface area contributed by atoms with Crippen LogP contribution in [0.2, 0.25) is 0 Å². The predicted molar refractivity (Wildman–Crippen MR) is 164 cm³/mol. The zero-order valence-electron chi connectivity index (χ0n) is 23.4. The Morgan fingerprint density at radius 3 is 2.57 bits per heavy atom. The summed E-state index contributed by atoms with van der Waals surface area (Å²) in [7, 11) is -0.550. The first kappa shape index (κ1) is 27.5. The number of hydrogen-bond donors (Lipinski definition) is 4. The third-order valence-corrected chi connectivity index (χ3v) is 8.52. The van der Waals surface area contributed by atoms with Crippen molar-refractivity contribution in [3.63, 3.8) is 0 Å². The number of fused-ring (bicyclic) bond motifs is 2. The molecule has 0 bridgehead atoms. The molecule has 0 spiro atoms. The van der Waals surface area contributed by atoms with Gasteiger partial charge in [-0.15, -0.1) is 0 Å². The molecule has 2 aromatic carbocycles. The van der Waals surface area contributed by atoms with Gasteiger partial charge in [0.25, 0.3) is 0 Å². The number of piperidine rings is 1. The second-order valence-corrected chi connectivity index (χ2v) is 12.1. The van der Waals surface area contributed by atoms with Crippen molar-refractivity contribution >= 4 is 66.6 Å². The Balaban J connectivity index is 1.39. The third kappa shape index (κ3) is 5.33. The van der Waals surface area contributed by atoms with E-state index < -0.39 is 10.0 Å². The maximum atomic E-state index is 12.6. The summed E-state index contributed by atoms with van der Waals surface area (Å²) in [5, 5.41) is 16.5. The largest absolute Gasteiger partial charge is 0.495 e. The van der Waals surface area contributed by atoms with Gasteiger partial charge in [-0.2, -0.15) is 4.98 Å². The number of nitrogens with one attached hydrogen (secondary N) is 3. The first-order valence-electron chi connectivity index (χ1n) is 13.4. The zero-order chi connectivity index (χ0) is 29.4. The SMILES string of the molecule is COc1ccc(N2CCC(O)CC2)cc1Nc1nc(Nc2ccc3nccnc3c2N(C)S(C)(=O)=O)c2[nH]ccc2n1. The van der Waals surface area contributed by atoms with Crippen LogP contribution in [0.1, 0.15) is 12.8 Å². The summed E-state index contributed by atoms with van der Waals surface area (Å²) in [4.78, 5) is 23.6. The molecule has 4 N–H and O–H groups in total. The molecule has 0 saturated carbocycles. The van der Waals surface area contributed by atoms with Gasteiger partial charge in [0.1, 0.15) is 22.5 Å². The molecule has 0 unspecified atom stereocenters. The van der Waals surface area contributed by atoms with E-state index in [2.05, 4.69) is 35.5 Å². The van der Waals surface area contributed by atoms with E-state index in [4.69, 9.17) is 9.72 Å². The lowest BCUT2D eigenvalue weighted by molar-refractivity contribution is 0.145. The standard InChI is InChI=1S/C28H31N9O4S/c1-36(42(3,39)40)26-21(6-5-19-24(26)31-13-12-29-19)32-27-25-20(8-11-30-25)33-28(35-27)34-22-16-17(4-7-23(22)41-2)37-14-9-18(38)10-15-37/h4-8,11-13,16,18,30,38H,9-10,14-15H2,1-3H3,(H2,32,33,34,35). The first-order chi connectivity index (χ1) is 20.2. The molecule has 1 aliphatic rings. The summed E-state index contributed by atoms with van der Waals surface area (Å²) < 4.78 is 32.0. The van der Waals surface area contributed by atoms with Crippen molar-refractivity contribution in [3.8, 4) is 5.75 Å². The molecule has 6 rings (SSSR count). The van der Waals surface area contributed by atoms with Gasteiger partial charge in [-0.3, -0.25) is 14.3 Å². The summed E-state index contributed by atoms with van der Waals surface area (Å²) in [6.45, 7) is 1.51. The van der Waals surface area contributed by atoms with E-state index in [1.54, 1.807) is 31.6 Å². The van der Waals surface area contributed by atoms with Gasteiger partial charge in [0, 0.05) is 44.4 Å². The molecular formula is C28H31N9O4S. The van der Waals surface area contributed by atoms with E-state index in [9.17, 15) is 13.5 Å². The second kappa shape index (κ2) is 10.9. The fraction of sp³-hybridized carbons (Fsp3) is 0.286. The van der Waals surface area contributed by atoms with Crippen molar-refractivity contribution in [2.45, 2.75) is 18.9 Å². The molecule has 0 amide bonds. The normalized spacial score (nSPS) is 14.3. The molecular weight excluding hydrogens is 558 g/mol. The smallest absolute Gasteiger partial charge is 0.232 e. The lowest BCUT2D eigenvalue weighted by Crippen LogP contribution is -2.35. The fourth-order valence-corrected chi connectivity index (χ4v) is 5.58. The Labute approximate surface area is 242 Å². The summed E-state index contributed by atoms with van der Waals surface area (Å²) in [6.07, 6.45) is 7.14. The van der Waals surface area contributed by atoms with Gasteiger partial charge in [-0.1, -0.05) is 0 Å². The van der Waals surface area contributed by atoms with Gasteiger partial charge in [-0.25, -0.2) is 13.4 Å². The highest BCUT2D eigenvalue weighted by Gasteiger charge is 2.23. The number of aliphatic hydroxyl groups excluding tert-OH is 1. The van der Waals surface area contributed by atoms with Crippen molar-refractivity contribution < 1.29 is 18.3 Å². The van der Waals surface area contributed by atoms with E-state index in [0.29, 0.717) is 69.5 Å². The van der Waals surface area contributed by atoms with E-state index in [1.165, 1.54) is 17.5 Å². The minimum Gasteiger partial charge on any atom is -0.495 e. The summed E-state index contributed by atoms with van der Waals surface area (Å²) >= 11 is 0. The van der Waals surface area contributed by atoms with Crippen LogP contribution >= 0.6 is 0 Å². The number of anilines is 6. The van der Waals surface area contributed by atoms with Crippen LogP contribution in [0.4, 0.5) is 34.5 Å². The summed E-state index contributed by atoms with van der Waals surface area (Å²) in [5.41, 5.74) is 4.77. The number of methoxy groups -OCH3 is 1. The summed E-state index contributed by atoms with van der Waals surface area (Å²) in [5.74, 6) is 1.36. The van der Waals surface area contributed by atoms with Crippen molar-refractivity contribution in [2.75, 3.05) is 53.3 Å². The minimum absolute atomic E-state index is 0.267. The Kier molecular flexibility index (Phi) is 7.16. The maximum Gasteiger partial charge on any atom is 0.232 e. The quantitative estimate of drug-likeness (QED) is 0.209. The van der Waals surface area contributed by atoms with Crippen LogP contribution in [0, 0.1) is 0 Å². The second-order valence-electron chi connectivity index (χ2n) is 10.1. The number of H-pyrrole nitrogens is 1. The van der Waals surface area contributed by atoms with Crippen LogP contribution in [-0.2, 0) is 10.0 Å². The molecule has 0 aliphatic carbocycles. The molecule has 218 valence electrons.